The monoisotopic (exact) mass is 436 g/mol. The van der Waals surface area contributed by atoms with Crippen LogP contribution in [0.5, 0.6) is 0 Å². The van der Waals surface area contributed by atoms with Crippen LogP contribution in [0.2, 0.25) is 0 Å². The molecule has 0 unspecified atom stereocenters. The minimum Gasteiger partial charge on any atom is -0.423 e. The van der Waals surface area contributed by atoms with E-state index in [0.717, 1.165) is 5.56 Å². The number of hydrogen-bond donors (Lipinski definition) is 6. The molecule has 158 valence electrons. The normalized spacial score (nSPS) is 11.1. The number of carbonyl (C=O) groups is 1. The third-order valence-corrected chi connectivity index (χ3v) is 5.32. The highest BCUT2D eigenvalue weighted by Gasteiger charge is 2.15. The summed E-state index contributed by atoms with van der Waals surface area (Å²) in [5.74, 6) is 5.56. The number of anilines is 1. The molecule has 0 saturated heterocycles. The van der Waals surface area contributed by atoms with Gasteiger partial charge >= 0.3 is 7.12 Å². The summed E-state index contributed by atoms with van der Waals surface area (Å²) in [6.07, 6.45) is 1.50. The Morgan fingerprint density at radius 2 is 1.77 bits per heavy atom. The largest absolute Gasteiger partial charge is 0.488 e. The average molecular weight is 436 g/mol. The van der Waals surface area contributed by atoms with E-state index < -0.39 is 7.12 Å². The Balaban J connectivity index is 1.60. The molecule has 1 aromatic heterocycles. The van der Waals surface area contributed by atoms with Gasteiger partial charge in [0.05, 0.1) is 10.6 Å². The lowest BCUT2D eigenvalue weighted by Crippen LogP contribution is -2.32. The number of amidine groups is 1. The topological polar surface area (TPSA) is 159 Å². The van der Waals surface area contributed by atoms with E-state index in [0.29, 0.717) is 33.1 Å². The van der Waals surface area contributed by atoms with Crippen molar-refractivity contribution in [1.29, 1.82) is 0 Å². The fourth-order valence-electron chi connectivity index (χ4n) is 2.73. The Morgan fingerprint density at radius 3 is 2.42 bits per heavy atom. The zero-order valence-corrected chi connectivity index (χ0v) is 17.2. The number of hydrazone groups is 1. The lowest BCUT2D eigenvalue weighted by molar-refractivity contribution is 0.102. The van der Waals surface area contributed by atoms with Crippen LogP contribution in [0, 0.1) is 0 Å². The Bertz CT molecular complexity index is 1060. The second-order valence-corrected chi connectivity index (χ2v) is 7.40. The van der Waals surface area contributed by atoms with Crippen LogP contribution in [0.1, 0.15) is 21.5 Å². The van der Waals surface area contributed by atoms with Crippen molar-refractivity contribution in [3.8, 4) is 0 Å². The number of aromatic nitrogens is 1. The fraction of sp³-hybridized carbons (Fsp3) is 0.0500. The molecule has 0 radical (unpaired) electrons. The van der Waals surface area contributed by atoms with E-state index in [1.54, 1.807) is 48.5 Å². The van der Waals surface area contributed by atoms with Gasteiger partial charge in [-0.25, -0.2) is 16.4 Å². The van der Waals surface area contributed by atoms with Crippen molar-refractivity contribution in [2.75, 3.05) is 5.32 Å². The lowest BCUT2D eigenvalue weighted by atomic mass is 9.77. The van der Waals surface area contributed by atoms with E-state index in [1.807, 2.05) is 12.1 Å². The summed E-state index contributed by atoms with van der Waals surface area (Å²) in [6.45, 7) is 0. The molecular weight excluding hydrogens is 415 g/mol. The molecule has 0 fully saturated rings. The number of thioether (sulfide) groups is 1. The van der Waals surface area contributed by atoms with Crippen LogP contribution in [0.4, 0.5) is 5.69 Å². The van der Waals surface area contributed by atoms with Crippen LogP contribution in [0.3, 0.4) is 0 Å². The number of nitrogens with one attached hydrogen (secondary N) is 2. The molecule has 2 aromatic carbocycles. The van der Waals surface area contributed by atoms with Crippen molar-refractivity contribution in [1.82, 2.24) is 10.5 Å². The molecule has 0 bridgehead atoms. The first-order chi connectivity index (χ1) is 15.0. The summed E-state index contributed by atoms with van der Waals surface area (Å²) in [5.41, 5.74) is 10.8. The highest BCUT2D eigenvalue weighted by Crippen LogP contribution is 2.20. The zero-order valence-electron chi connectivity index (χ0n) is 16.4. The first-order valence-electron chi connectivity index (χ1n) is 9.21. The van der Waals surface area contributed by atoms with Crippen LogP contribution in [-0.2, 0) is 5.75 Å². The molecule has 1 heterocycles. The van der Waals surface area contributed by atoms with Crippen LogP contribution < -0.4 is 27.9 Å². The first-order valence-corrected chi connectivity index (χ1v) is 10.2. The van der Waals surface area contributed by atoms with E-state index in [1.165, 1.54) is 18.0 Å². The van der Waals surface area contributed by atoms with Gasteiger partial charge in [-0.05, 0) is 47.4 Å². The number of carbonyl (C=O) groups excluding carboxylic acids is 1. The number of nitrogens with zero attached hydrogens (tertiary/aromatic N) is 2. The number of hydrazine groups is 1. The predicted molar refractivity (Wildman–Crippen MR) is 123 cm³/mol. The first kappa shape index (κ1) is 22.3. The van der Waals surface area contributed by atoms with Gasteiger partial charge in [0.25, 0.3) is 5.91 Å². The Kier molecular flexibility index (Phi) is 7.62. The third-order valence-electron chi connectivity index (χ3n) is 4.33. The van der Waals surface area contributed by atoms with Crippen molar-refractivity contribution in [2.45, 2.75) is 10.8 Å². The summed E-state index contributed by atoms with van der Waals surface area (Å²) in [4.78, 5) is 16.8. The van der Waals surface area contributed by atoms with Crippen molar-refractivity contribution in [3.05, 3.63) is 83.6 Å². The molecular formula is C20H21BN6O3S. The number of hydrogen-bond acceptors (Lipinski definition) is 8. The van der Waals surface area contributed by atoms with Crippen LogP contribution >= 0.6 is 11.8 Å². The van der Waals surface area contributed by atoms with Gasteiger partial charge in [-0.1, -0.05) is 24.3 Å². The highest BCUT2D eigenvalue weighted by molar-refractivity contribution is 7.98. The number of rotatable bonds is 8. The molecule has 31 heavy (non-hydrogen) atoms. The highest BCUT2D eigenvalue weighted by atomic mass is 32.2. The fourth-order valence-corrected chi connectivity index (χ4v) is 3.59. The summed E-state index contributed by atoms with van der Waals surface area (Å²) in [7, 11) is -1.52. The van der Waals surface area contributed by atoms with Crippen molar-refractivity contribution >= 4 is 41.8 Å². The Labute approximate surface area is 183 Å². The van der Waals surface area contributed by atoms with Crippen LogP contribution in [-0.4, -0.2) is 33.9 Å². The quantitative estimate of drug-likeness (QED) is 0.0739. The second-order valence-electron chi connectivity index (χ2n) is 6.40. The maximum absolute atomic E-state index is 12.5. The molecule has 1 amide bonds. The molecule has 8 N–H and O–H groups in total. The van der Waals surface area contributed by atoms with Gasteiger partial charge in [0.1, 0.15) is 0 Å². The van der Waals surface area contributed by atoms with Gasteiger partial charge in [-0.2, -0.15) is 0 Å². The number of benzene rings is 2. The molecule has 3 aromatic rings. The zero-order chi connectivity index (χ0) is 22.2. The smallest absolute Gasteiger partial charge is 0.423 e. The summed E-state index contributed by atoms with van der Waals surface area (Å²) < 4.78 is 0. The van der Waals surface area contributed by atoms with Gasteiger partial charge in [0.2, 0.25) is 0 Å². The van der Waals surface area contributed by atoms with E-state index in [9.17, 15) is 14.8 Å². The van der Waals surface area contributed by atoms with Crippen molar-refractivity contribution in [3.63, 3.8) is 0 Å². The lowest BCUT2D eigenvalue weighted by Gasteiger charge is -2.09. The summed E-state index contributed by atoms with van der Waals surface area (Å²) in [6, 6.07) is 17.4. The maximum Gasteiger partial charge on any atom is 0.488 e. The van der Waals surface area contributed by atoms with Gasteiger partial charge in [-0.3, -0.25) is 4.79 Å². The standard InChI is InChI=1S/C20H21BN6O3S/c22-19(26-27-23)13-5-8-16(9-6-13)25-20(28)14-7-10-18(24-11-14)31-12-15-3-1-2-4-17(15)21(29)30/h1-11,27,29-30H,12,23H2,(H2,22,26)(H,25,28). The van der Waals surface area contributed by atoms with E-state index in [-0.39, 0.29) is 11.7 Å². The number of amides is 1. The van der Waals surface area contributed by atoms with Crippen molar-refractivity contribution < 1.29 is 14.8 Å². The van der Waals surface area contributed by atoms with Gasteiger partial charge < -0.3 is 21.1 Å². The maximum atomic E-state index is 12.5. The van der Waals surface area contributed by atoms with Crippen LogP contribution in [0.25, 0.3) is 0 Å². The Morgan fingerprint density at radius 1 is 1.06 bits per heavy atom. The van der Waals surface area contributed by atoms with Gasteiger partial charge in [0.15, 0.2) is 5.84 Å². The SMILES string of the molecule is NN/N=C(\N)c1ccc(NC(=O)c2ccc(SCc3ccccc3B(O)O)nc2)cc1. The van der Waals surface area contributed by atoms with E-state index >= 15 is 0 Å². The molecule has 3 rings (SSSR count). The minimum absolute atomic E-state index is 0.230. The second kappa shape index (κ2) is 10.6. The third kappa shape index (κ3) is 6.06. The molecule has 0 saturated carbocycles. The molecule has 0 spiro atoms. The molecule has 9 nitrogen and oxygen atoms in total. The summed E-state index contributed by atoms with van der Waals surface area (Å²) >= 11 is 1.44. The van der Waals surface area contributed by atoms with E-state index in [4.69, 9.17) is 11.6 Å². The summed E-state index contributed by atoms with van der Waals surface area (Å²) in [5, 5.41) is 26.1. The number of pyridine rings is 1. The van der Waals surface area contributed by atoms with Gasteiger partial charge in [0, 0.05) is 23.2 Å². The number of nitrogens with two attached hydrogens (primary N) is 2. The molecule has 11 heteroatoms. The molecule has 0 aliphatic heterocycles. The average Bonchev–Trinajstić information content (AvgIpc) is 2.78. The predicted octanol–water partition coefficient (Wildman–Crippen LogP) is 0.390. The van der Waals surface area contributed by atoms with Crippen molar-refractivity contribution in [2.24, 2.45) is 16.7 Å². The Hall–Kier alpha value is -3.38. The van der Waals surface area contributed by atoms with Gasteiger partial charge in [-0.15, -0.1) is 16.9 Å². The minimum atomic E-state index is -1.52. The molecule has 0 aliphatic carbocycles. The van der Waals surface area contributed by atoms with Crippen LogP contribution in [0.15, 0.2) is 77.0 Å². The molecule has 0 atom stereocenters. The molecule has 0 aliphatic rings. The van der Waals surface area contributed by atoms with E-state index in [2.05, 4.69) is 20.9 Å².